The fourth-order valence-corrected chi connectivity index (χ4v) is 10.2. The number of benzene rings is 8. The van der Waals surface area contributed by atoms with Gasteiger partial charge >= 0.3 is 0 Å². The zero-order valence-electron chi connectivity index (χ0n) is 32.6. The van der Waals surface area contributed by atoms with E-state index in [0.29, 0.717) is 5.92 Å². The summed E-state index contributed by atoms with van der Waals surface area (Å²) in [6.45, 7) is 4.84. The molecule has 57 heavy (non-hydrogen) atoms. The average molecular weight is 736 g/mol. The van der Waals surface area contributed by atoms with Crippen molar-refractivity contribution in [2.75, 3.05) is 4.90 Å². The summed E-state index contributed by atoms with van der Waals surface area (Å²) in [5.41, 5.74) is 17.3. The highest BCUT2D eigenvalue weighted by atomic mass is 16.3. The fraction of sp³-hybridized carbons (Fsp3) is 0.164. The molecule has 0 unspecified atom stereocenters. The second-order valence-corrected chi connectivity index (χ2v) is 16.7. The van der Waals surface area contributed by atoms with E-state index in [9.17, 15) is 0 Å². The highest BCUT2D eigenvalue weighted by Gasteiger charge is 2.38. The summed E-state index contributed by atoms with van der Waals surface area (Å²) in [5.74, 6) is 0.645. The smallest absolute Gasteiger partial charge is 0.135 e. The van der Waals surface area contributed by atoms with Gasteiger partial charge in [-0.05, 0) is 128 Å². The van der Waals surface area contributed by atoms with Gasteiger partial charge in [0.25, 0.3) is 0 Å². The van der Waals surface area contributed by atoms with E-state index in [4.69, 9.17) is 4.42 Å². The predicted molar refractivity (Wildman–Crippen MR) is 240 cm³/mol. The maximum absolute atomic E-state index is 6.31. The molecule has 0 N–H and O–H groups in total. The van der Waals surface area contributed by atoms with Crippen molar-refractivity contribution in [3.63, 3.8) is 0 Å². The number of nitrogens with zero attached hydrogens (tertiary/aromatic N) is 1. The van der Waals surface area contributed by atoms with E-state index in [0.717, 1.165) is 39.0 Å². The Morgan fingerprint density at radius 2 is 1.16 bits per heavy atom. The lowest BCUT2D eigenvalue weighted by molar-refractivity contribution is 0.444. The second kappa shape index (κ2) is 13.4. The molecule has 1 heterocycles. The van der Waals surface area contributed by atoms with Crippen LogP contribution in [0.25, 0.3) is 66.1 Å². The van der Waals surface area contributed by atoms with E-state index in [-0.39, 0.29) is 5.41 Å². The van der Waals surface area contributed by atoms with E-state index in [2.05, 4.69) is 183 Å². The number of furan rings is 1. The molecule has 2 heteroatoms. The molecule has 8 aromatic carbocycles. The first-order valence-corrected chi connectivity index (χ1v) is 20.7. The highest BCUT2D eigenvalue weighted by molar-refractivity contribution is 6.07. The standard InChI is InChI=1S/C55H45NO/c1-55(2)49-22-13-21-44(36-14-5-3-6-15-36)54(49)47-32-29-42(35-50(47)55)56(41-30-33-52-48(34-41)46-20-11-12-23-51(46)57-52)40-27-24-38(25-28-40)45-31-26-37-16-9-10-19-43(37)53(45)39-17-7-4-8-18-39/h4,7-13,16-36H,3,5-6,14-15H2,1-2H3. The van der Waals surface area contributed by atoms with Gasteiger partial charge in [0.1, 0.15) is 11.2 Å². The zero-order chi connectivity index (χ0) is 38.1. The normalized spacial score (nSPS) is 14.9. The van der Waals surface area contributed by atoms with Crippen LogP contribution in [-0.4, -0.2) is 0 Å². The lowest BCUT2D eigenvalue weighted by Crippen LogP contribution is -2.17. The van der Waals surface area contributed by atoms with Crippen LogP contribution < -0.4 is 4.90 Å². The van der Waals surface area contributed by atoms with Gasteiger partial charge in [0, 0.05) is 33.2 Å². The number of rotatable bonds is 6. The van der Waals surface area contributed by atoms with Gasteiger partial charge in [0.05, 0.1) is 0 Å². The van der Waals surface area contributed by atoms with Gasteiger partial charge in [-0.15, -0.1) is 0 Å². The summed E-state index contributed by atoms with van der Waals surface area (Å²) in [6, 6.07) is 62.6. The molecule has 0 amide bonds. The molecule has 0 spiro atoms. The summed E-state index contributed by atoms with van der Waals surface area (Å²) in [4.78, 5) is 2.44. The molecular weight excluding hydrogens is 691 g/mol. The van der Waals surface area contributed by atoms with Crippen LogP contribution >= 0.6 is 0 Å². The summed E-state index contributed by atoms with van der Waals surface area (Å²) >= 11 is 0. The fourth-order valence-electron chi connectivity index (χ4n) is 10.2. The van der Waals surface area contributed by atoms with Crippen molar-refractivity contribution < 1.29 is 4.42 Å². The SMILES string of the molecule is CC1(C)c2cc(N(c3ccc(-c4ccc5ccccc5c4-c4ccccc4)cc3)c3ccc4oc5ccccc5c4c3)ccc2-c2c(C3CCCCC3)cccc21. The van der Waals surface area contributed by atoms with Gasteiger partial charge in [0.2, 0.25) is 0 Å². The number of anilines is 3. The molecule has 0 atom stereocenters. The van der Waals surface area contributed by atoms with E-state index in [1.807, 2.05) is 6.07 Å². The molecule has 1 fully saturated rings. The lowest BCUT2D eigenvalue weighted by atomic mass is 9.78. The van der Waals surface area contributed by atoms with Crippen LogP contribution in [0.1, 0.15) is 68.6 Å². The minimum Gasteiger partial charge on any atom is -0.456 e. The number of para-hydroxylation sites is 1. The molecule has 0 bridgehead atoms. The van der Waals surface area contributed by atoms with Crippen molar-refractivity contribution in [3.05, 3.63) is 187 Å². The third-order valence-corrected chi connectivity index (χ3v) is 13.1. The Morgan fingerprint density at radius 1 is 0.474 bits per heavy atom. The van der Waals surface area contributed by atoms with Crippen molar-refractivity contribution in [2.45, 2.75) is 57.3 Å². The maximum atomic E-state index is 6.31. The minimum atomic E-state index is -0.116. The molecule has 0 saturated heterocycles. The molecule has 0 radical (unpaired) electrons. The first-order valence-electron chi connectivity index (χ1n) is 20.7. The molecule has 2 aliphatic rings. The van der Waals surface area contributed by atoms with Crippen LogP contribution in [0, 0.1) is 0 Å². The molecule has 9 aromatic rings. The number of fused-ring (bicyclic) bond motifs is 7. The third kappa shape index (κ3) is 5.53. The molecule has 2 nitrogen and oxygen atoms in total. The van der Waals surface area contributed by atoms with Crippen molar-refractivity contribution in [3.8, 4) is 33.4 Å². The summed E-state index contributed by atoms with van der Waals surface area (Å²) < 4.78 is 6.31. The zero-order valence-corrected chi connectivity index (χ0v) is 32.6. The predicted octanol–water partition coefficient (Wildman–Crippen LogP) is 15.9. The molecule has 11 rings (SSSR count). The van der Waals surface area contributed by atoms with Crippen LogP contribution in [0.3, 0.4) is 0 Å². The average Bonchev–Trinajstić information content (AvgIpc) is 3.75. The molecule has 276 valence electrons. The molecule has 1 aromatic heterocycles. The van der Waals surface area contributed by atoms with Gasteiger partial charge in [0.15, 0.2) is 0 Å². The van der Waals surface area contributed by atoms with Crippen molar-refractivity contribution in [1.29, 1.82) is 0 Å². The summed E-state index contributed by atoms with van der Waals surface area (Å²) in [5, 5.41) is 4.77. The topological polar surface area (TPSA) is 16.4 Å². The van der Waals surface area contributed by atoms with Crippen LogP contribution in [-0.2, 0) is 5.41 Å². The summed E-state index contributed by atoms with van der Waals surface area (Å²) in [7, 11) is 0. The van der Waals surface area contributed by atoms with Crippen molar-refractivity contribution >= 4 is 49.8 Å². The summed E-state index contributed by atoms with van der Waals surface area (Å²) in [6.07, 6.45) is 6.63. The Balaban J connectivity index is 1.07. The van der Waals surface area contributed by atoms with Crippen LogP contribution in [0.4, 0.5) is 17.1 Å². The van der Waals surface area contributed by atoms with Crippen LogP contribution in [0.2, 0.25) is 0 Å². The Kier molecular flexibility index (Phi) is 7.96. The molecular formula is C55H45NO. The van der Waals surface area contributed by atoms with E-state index in [1.54, 1.807) is 5.56 Å². The maximum Gasteiger partial charge on any atom is 0.135 e. The Labute approximate surface area is 335 Å². The van der Waals surface area contributed by atoms with Crippen LogP contribution in [0.5, 0.6) is 0 Å². The van der Waals surface area contributed by atoms with E-state index in [1.165, 1.54) is 87.4 Å². The molecule has 0 aliphatic heterocycles. The minimum absolute atomic E-state index is 0.116. The van der Waals surface area contributed by atoms with Gasteiger partial charge in [-0.25, -0.2) is 0 Å². The molecule has 2 aliphatic carbocycles. The first-order chi connectivity index (χ1) is 28.0. The Morgan fingerprint density at radius 3 is 2.00 bits per heavy atom. The first kappa shape index (κ1) is 33.9. The van der Waals surface area contributed by atoms with Gasteiger partial charge in [-0.3, -0.25) is 0 Å². The Hall–Kier alpha value is -6.38. The van der Waals surface area contributed by atoms with Crippen molar-refractivity contribution in [2.24, 2.45) is 0 Å². The number of hydrogen-bond donors (Lipinski definition) is 0. The third-order valence-electron chi connectivity index (χ3n) is 13.1. The number of hydrogen-bond acceptors (Lipinski definition) is 2. The van der Waals surface area contributed by atoms with Gasteiger partial charge in [-0.1, -0.05) is 154 Å². The lowest BCUT2D eigenvalue weighted by Gasteiger charge is -2.28. The van der Waals surface area contributed by atoms with Crippen molar-refractivity contribution in [1.82, 2.24) is 0 Å². The Bertz CT molecular complexity index is 2960. The highest BCUT2D eigenvalue weighted by Crippen LogP contribution is 2.54. The van der Waals surface area contributed by atoms with E-state index < -0.39 is 0 Å². The quantitative estimate of drug-likeness (QED) is 0.169. The largest absolute Gasteiger partial charge is 0.456 e. The second-order valence-electron chi connectivity index (χ2n) is 16.7. The van der Waals surface area contributed by atoms with Crippen LogP contribution in [0.15, 0.2) is 174 Å². The van der Waals surface area contributed by atoms with Gasteiger partial charge in [-0.2, -0.15) is 0 Å². The van der Waals surface area contributed by atoms with Gasteiger partial charge < -0.3 is 9.32 Å². The van der Waals surface area contributed by atoms with E-state index >= 15 is 0 Å². The molecule has 1 saturated carbocycles. The monoisotopic (exact) mass is 735 g/mol.